The second-order valence-electron chi connectivity index (χ2n) is 6.98. The van der Waals surface area contributed by atoms with Crippen LogP contribution in [-0.4, -0.2) is 30.3 Å². The van der Waals surface area contributed by atoms with Gasteiger partial charge in [0, 0.05) is 6.54 Å². The summed E-state index contributed by atoms with van der Waals surface area (Å²) in [7, 11) is 0. The van der Waals surface area contributed by atoms with Crippen molar-refractivity contribution in [2.75, 3.05) is 13.1 Å². The predicted octanol–water partition coefficient (Wildman–Crippen LogP) is 3.17. The number of benzene rings is 1. The topological polar surface area (TPSA) is 79.0 Å². The normalized spacial score (nSPS) is 14.2. The van der Waals surface area contributed by atoms with Gasteiger partial charge in [0.25, 0.3) is 0 Å². The Morgan fingerprint density at radius 1 is 1.22 bits per heavy atom. The summed E-state index contributed by atoms with van der Waals surface area (Å²) in [6.07, 6.45) is 1.76. The van der Waals surface area contributed by atoms with E-state index in [4.69, 9.17) is 9.15 Å². The lowest BCUT2D eigenvalue weighted by atomic mass is 10.0. The quantitative estimate of drug-likeness (QED) is 0.465. The van der Waals surface area contributed by atoms with E-state index in [9.17, 15) is 5.11 Å². The van der Waals surface area contributed by atoms with Gasteiger partial charge in [-0.3, -0.25) is 0 Å². The van der Waals surface area contributed by atoms with Crippen molar-refractivity contribution >= 4 is 5.96 Å². The Bertz CT molecular complexity index is 709. The van der Waals surface area contributed by atoms with Gasteiger partial charge in [-0.1, -0.05) is 24.3 Å². The third-order valence-corrected chi connectivity index (χ3v) is 3.99. The third kappa shape index (κ3) is 7.07. The fraction of sp³-hybridized carbons (Fsp3) is 0.476. The van der Waals surface area contributed by atoms with Gasteiger partial charge in [0.2, 0.25) is 0 Å². The van der Waals surface area contributed by atoms with Crippen LogP contribution in [0.15, 0.2) is 52.1 Å². The standard InChI is InChI=1S/C21H31N3O3/c1-5-22-20(24-15-21(4,25)19-10-7-11-26-19)23-13-17-8-6-9-18(12-17)14-27-16(2)3/h6-12,16,25H,5,13-15H2,1-4H3,(H2,22,23,24). The molecule has 0 saturated heterocycles. The molecule has 2 aromatic rings. The summed E-state index contributed by atoms with van der Waals surface area (Å²) in [4.78, 5) is 4.62. The molecule has 1 unspecified atom stereocenters. The first-order valence-corrected chi connectivity index (χ1v) is 9.38. The number of nitrogens with one attached hydrogen (secondary N) is 2. The van der Waals surface area contributed by atoms with Crippen molar-refractivity contribution in [1.29, 1.82) is 0 Å². The van der Waals surface area contributed by atoms with Crippen LogP contribution in [-0.2, 0) is 23.5 Å². The number of nitrogens with zero attached hydrogens (tertiary/aromatic N) is 1. The molecule has 1 atom stereocenters. The SMILES string of the molecule is CCNC(=NCc1cccc(COC(C)C)c1)NCC(C)(O)c1ccco1. The molecule has 0 aliphatic heterocycles. The molecule has 3 N–H and O–H groups in total. The molecule has 1 heterocycles. The lowest BCUT2D eigenvalue weighted by molar-refractivity contribution is 0.0386. The molecule has 6 heteroatoms. The minimum atomic E-state index is -1.12. The summed E-state index contributed by atoms with van der Waals surface area (Å²) < 4.78 is 11.0. The number of ether oxygens (including phenoxy) is 1. The molecule has 0 aliphatic carbocycles. The molecule has 0 radical (unpaired) electrons. The summed E-state index contributed by atoms with van der Waals surface area (Å²) in [5.74, 6) is 1.16. The van der Waals surface area contributed by atoms with Crippen molar-refractivity contribution in [3.63, 3.8) is 0 Å². The van der Waals surface area contributed by atoms with E-state index in [0.29, 0.717) is 24.9 Å². The van der Waals surface area contributed by atoms with Crippen LogP contribution in [0, 0.1) is 0 Å². The Morgan fingerprint density at radius 2 is 2.00 bits per heavy atom. The molecule has 0 bridgehead atoms. The molecule has 1 aromatic heterocycles. The predicted molar refractivity (Wildman–Crippen MR) is 107 cm³/mol. The lowest BCUT2D eigenvalue weighted by Gasteiger charge is -2.22. The largest absolute Gasteiger partial charge is 0.466 e. The molecule has 0 fully saturated rings. The molecule has 0 aliphatic rings. The highest BCUT2D eigenvalue weighted by atomic mass is 16.5. The third-order valence-electron chi connectivity index (χ3n) is 3.99. The first-order chi connectivity index (χ1) is 12.9. The van der Waals surface area contributed by atoms with Crippen LogP contribution in [0.3, 0.4) is 0 Å². The van der Waals surface area contributed by atoms with Crippen molar-refractivity contribution in [3.05, 3.63) is 59.5 Å². The number of furan rings is 1. The van der Waals surface area contributed by atoms with Gasteiger partial charge in [-0.15, -0.1) is 0 Å². The van der Waals surface area contributed by atoms with Crippen LogP contribution in [0.1, 0.15) is 44.6 Å². The first kappa shape index (κ1) is 21.0. The van der Waals surface area contributed by atoms with E-state index >= 15 is 0 Å². The Kier molecular flexibility index (Phi) is 7.88. The zero-order valence-corrected chi connectivity index (χ0v) is 16.7. The summed E-state index contributed by atoms with van der Waals surface area (Å²) in [5, 5.41) is 16.9. The highest BCUT2D eigenvalue weighted by Gasteiger charge is 2.26. The molecule has 0 amide bonds. The minimum absolute atomic E-state index is 0.207. The summed E-state index contributed by atoms with van der Waals surface area (Å²) >= 11 is 0. The smallest absolute Gasteiger partial charge is 0.191 e. The number of hydrogen-bond acceptors (Lipinski definition) is 4. The number of aliphatic imine (C=N–C) groups is 1. The van der Waals surface area contributed by atoms with E-state index in [1.54, 1.807) is 25.3 Å². The van der Waals surface area contributed by atoms with Gasteiger partial charge in [0.15, 0.2) is 5.96 Å². The van der Waals surface area contributed by atoms with E-state index in [0.717, 1.165) is 17.7 Å². The molecule has 2 rings (SSSR count). The van der Waals surface area contributed by atoms with Crippen LogP contribution in [0.4, 0.5) is 0 Å². The van der Waals surface area contributed by atoms with Gasteiger partial charge in [0.1, 0.15) is 11.4 Å². The van der Waals surface area contributed by atoms with E-state index in [-0.39, 0.29) is 12.6 Å². The molecule has 1 aromatic carbocycles. The molecule has 0 saturated carbocycles. The van der Waals surface area contributed by atoms with E-state index < -0.39 is 5.60 Å². The highest BCUT2D eigenvalue weighted by molar-refractivity contribution is 5.79. The summed E-state index contributed by atoms with van der Waals surface area (Å²) in [6, 6.07) is 11.8. The molecule has 27 heavy (non-hydrogen) atoms. The minimum Gasteiger partial charge on any atom is -0.466 e. The Morgan fingerprint density at radius 3 is 2.67 bits per heavy atom. The zero-order chi connectivity index (χ0) is 19.7. The van der Waals surface area contributed by atoms with Gasteiger partial charge < -0.3 is 24.9 Å². The van der Waals surface area contributed by atoms with Gasteiger partial charge in [-0.2, -0.15) is 0 Å². The van der Waals surface area contributed by atoms with E-state index in [2.05, 4.69) is 27.8 Å². The average molecular weight is 373 g/mol. The Hall–Kier alpha value is -2.31. The summed E-state index contributed by atoms with van der Waals surface area (Å²) in [5.41, 5.74) is 1.12. The maximum absolute atomic E-state index is 10.6. The monoisotopic (exact) mass is 373 g/mol. The van der Waals surface area contributed by atoms with Crippen molar-refractivity contribution in [3.8, 4) is 0 Å². The number of guanidine groups is 1. The zero-order valence-electron chi connectivity index (χ0n) is 16.7. The van der Waals surface area contributed by atoms with Crippen LogP contribution in [0.5, 0.6) is 0 Å². The highest BCUT2D eigenvalue weighted by Crippen LogP contribution is 2.19. The number of rotatable bonds is 9. The summed E-state index contributed by atoms with van der Waals surface area (Å²) in [6.45, 7) is 9.92. The molecular formula is C21H31N3O3. The van der Waals surface area contributed by atoms with Crippen LogP contribution >= 0.6 is 0 Å². The average Bonchev–Trinajstić information content (AvgIpc) is 3.18. The maximum Gasteiger partial charge on any atom is 0.191 e. The van der Waals surface area contributed by atoms with Crippen LogP contribution in [0.2, 0.25) is 0 Å². The van der Waals surface area contributed by atoms with Crippen molar-refractivity contribution in [2.24, 2.45) is 4.99 Å². The van der Waals surface area contributed by atoms with E-state index in [1.807, 2.05) is 32.9 Å². The fourth-order valence-electron chi connectivity index (χ4n) is 2.52. The van der Waals surface area contributed by atoms with Crippen LogP contribution in [0.25, 0.3) is 0 Å². The second kappa shape index (κ2) is 10.1. The Labute approximate surface area is 161 Å². The van der Waals surface area contributed by atoms with E-state index in [1.165, 1.54) is 0 Å². The Balaban J connectivity index is 1.97. The molecular weight excluding hydrogens is 342 g/mol. The van der Waals surface area contributed by atoms with Crippen molar-refractivity contribution in [2.45, 2.75) is 52.6 Å². The molecule has 6 nitrogen and oxygen atoms in total. The van der Waals surface area contributed by atoms with Crippen LogP contribution < -0.4 is 10.6 Å². The fourth-order valence-corrected chi connectivity index (χ4v) is 2.52. The number of hydrogen-bond donors (Lipinski definition) is 3. The maximum atomic E-state index is 10.6. The lowest BCUT2D eigenvalue weighted by Crippen LogP contribution is -2.44. The van der Waals surface area contributed by atoms with Crippen molar-refractivity contribution in [1.82, 2.24) is 10.6 Å². The second-order valence-corrected chi connectivity index (χ2v) is 6.98. The van der Waals surface area contributed by atoms with Gasteiger partial charge >= 0.3 is 0 Å². The molecule has 148 valence electrons. The van der Waals surface area contributed by atoms with Gasteiger partial charge in [-0.25, -0.2) is 4.99 Å². The van der Waals surface area contributed by atoms with Gasteiger partial charge in [-0.05, 0) is 51.0 Å². The van der Waals surface area contributed by atoms with Gasteiger partial charge in [0.05, 0.1) is 32.1 Å². The number of aliphatic hydroxyl groups is 1. The molecule has 0 spiro atoms. The first-order valence-electron chi connectivity index (χ1n) is 9.38. The van der Waals surface area contributed by atoms with Crippen molar-refractivity contribution < 1.29 is 14.3 Å².